The molecule has 4 atom stereocenters. The van der Waals surface area contributed by atoms with Crippen LogP contribution in [-0.4, -0.2) is 34.0 Å². The van der Waals surface area contributed by atoms with Crippen molar-refractivity contribution in [2.45, 2.75) is 24.0 Å². The van der Waals surface area contributed by atoms with Gasteiger partial charge in [-0.15, -0.1) is 0 Å². The monoisotopic (exact) mass is 332 g/mol. The molecule has 2 aromatic carbocycles. The third kappa shape index (κ3) is 1.40. The van der Waals surface area contributed by atoms with Crippen molar-refractivity contribution in [3.8, 4) is 22.6 Å². The summed E-state index contributed by atoms with van der Waals surface area (Å²) in [5, 5.41) is 20.5. The van der Waals surface area contributed by atoms with E-state index in [2.05, 4.69) is 0 Å². The van der Waals surface area contributed by atoms with Gasteiger partial charge in [0.2, 0.25) is 0 Å². The molecule has 1 saturated heterocycles. The van der Waals surface area contributed by atoms with Gasteiger partial charge in [-0.2, -0.15) is 0 Å². The summed E-state index contributed by atoms with van der Waals surface area (Å²) in [5.74, 6) is -0.744. The maximum absolute atomic E-state index is 12.6. The van der Waals surface area contributed by atoms with Gasteiger partial charge in [0.25, 0.3) is 0 Å². The van der Waals surface area contributed by atoms with Gasteiger partial charge in [0.05, 0.1) is 11.1 Å². The molecule has 25 heavy (non-hydrogen) atoms. The first-order chi connectivity index (χ1) is 12.1. The largest absolute Gasteiger partial charge is 0.507 e. The minimum atomic E-state index is -0.521. The molecule has 0 unspecified atom stereocenters. The van der Waals surface area contributed by atoms with Crippen molar-refractivity contribution in [3.63, 3.8) is 0 Å². The summed E-state index contributed by atoms with van der Waals surface area (Å²) in [6.45, 7) is 0. The van der Waals surface area contributed by atoms with Crippen molar-refractivity contribution in [3.05, 3.63) is 58.7 Å². The number of hydrogen-bond acceptors (Lipinski definition) is 5. The van der Waals surface area contributed by atoms with Crippen molar-refractivity contribution in [1.29, 1.82) is 0 Å². The molecule has 0 amide bonds. The topological polar surface area (TPSA) is 87.1 Å². The van der Waals surface area contributed by atoms with Crippen molar-refractivity contribution in [2.24, 2.45) is 0 Å². The fraction of sp³-hybridized carbons (Fsp3) is 0.200. The predicted octanol–water partition coefficient (Wildman–Crippen LogP) is 2.66. The molecule has 3 aliphatic carbocycles. The van der Waals surface area contributed by atoms with Crippen LogP contribution < -0.4 is 0 Å². The van der Waals surface area contributed by atoms with E-state index in [0.717, 1.165) is 22.3 Å². The van der Waals surface area contributed by atoms with E-state index < -0.39 is 6.10 Å². The van der Waals surface area contributed by atoms with E-state index in [9.17, 15) is 19.8 Å². The molecule has 122 valence electrons. The lowest BCUT2D eigenvalue weighted by Gasteiger charge is -2.38. The number of Topliss-reactive ketones (excluding diaryl/α,β-unsaturated/α-hetero) is 1. The Morgan fingerprint density at radius 1 is 0.880 bits per heavy atom. The third-order valence-electron chi connectivity index (χ3n) is 5.88. The fourth-order valence-corrected chi connectivity index (χ4v) is 4.86. The van der Waals surface area contributed by atoms with Crippen molar-refractivity contribution in [2.75, 3.05) is 0 Å². The zero-order chi connectivity index (χ0) is 17.0. The summed E-state index contributed by atoms with van der Waals surface area (Å²) in [5.41, 5.74) is 3.93. The normalized spacial score (nSPS) is 29.8. The predicted molar refractivity (Wildman–Crippen MR) is 87.2 cm³/mol. The van der Waals surface area contributed by atoms with Crippen molar-refractivity contribution >= 4 is 11.6 Å². The molecule has 2 aromatic rings. The molecule has 0 aromatic heterocycles. The molecule has 0 radical (unpaired) electrons. The molecule has 1 fully saturated rings. The number of rotatable bonds is 0. The molecule has 0 spiro atoms. The van der Waals surface area contributed by atoms with Crippen LogP contribution in [0.15, 0.2) is 36.4 Å². The highest BCUT2D eigenvalue weighted by Gasteiger charge is 2.60. The molecule has 0 saturated carbocycles. The number of phenolic OH excluding ortho intramolecular Hbond substituents is 2. The van der Waals surface area contributed by atoms with E-state index in [1.54, 1.807) is 12.1 Å². The van der Waals surface area contributed by atoms with Gasteiger partial charge in [-0.1, -0.05) is 18.2 Å². The maximum atomic E-state index is 12.6. The lowest BCUT2D eigenvalue weighted by molar-refractivity contribution is 0.0948. The molecule has 1 heterocycles. The Balaban J connectivity index is 1.78. The number of carbonyl (C=O) groups is 2. The highest BCUT2D eigenvalue weighted by molar-refractivity contribution is 6.13. The van der Waals surface area contributed by atoms with E-state index in [-0.39, 0.29) is 41.0 Å². The zero-order valence-corrected chi connectivity index (χ0v) is 12.9. The Kier molecular flexibility index (Phi) is 2.14. The first-order valence-corrected chi connectivity index (χ1v) is 8.22. The van der Waals surface area contributed by atoms with E-state index in [4.69, 9.17) is 4.74 Å². The first-order valence-electron chi connectivity index (χ1n) is 8.22. The van der Waals surface area contributed by atoms with E-state index >= 15 is 0 Å². The van der Waals surface area contributed by atoms with Crippen LogP contribution in [0.3, 0.4) is 0 Å². The van der Waals surface area contributed by atoms with Crippen LogP contribution in [0, 0.1) is 0 Å². The lowest BCUT2D eigenvalue weighted by Crippen LogP contribution is -2.33. The highest BCUT2D eigenvalue weighted by Crippen LogP contribution is 2.60. The summed E-state index contributed by atoms with van der Waals surface area (Å²) >= 11 is 0. The minimum absolute atomic E-state index is 0.0268. The Morgan fingerprint density at radius 3 is 2.32 bits per heavy atom. The second-order valence-corrected chi connectivity index (χ2v) is 7.00. The Bertz CT molecular complexity index is 1060. The van der Waals surface area contributed by atoms with Crippen LogP contribution >= 0.6 is 0 Å². The van der Waals surface area contributed by atoms with Crippen LogP contribution in [0.4, 0.5) is 0 Å². The molecule has 5 nitrogen and oxygen atoms in total. The first kappa shape index (κ1) is 13.4. The molecule has 0 bridgehead atoms. The Morgan fingerprint density at radius 2 is 1.56 bits per heavy atom. The number of fused-ring (bicyclic) bond motifs is 4. The van der Waals surface area contributed by atoms with Gasteiger partial charge in [0.15, 0.2) is 11.6 Å². The third-order valence-corrected chi connectivity index (χ3v) is 5.88. The summed E-state index contributed by atoms with van der Waals surface area (Å²) in [7, 11) is 0. The van der Waals surface area contributed by atoms with Gasteiger partial charge in [-0.05, 0) is 40.5 Å². The lowest BCUT2D eigenvalue weighted by atomic mass is 9.63. The number of allylic oxidation sites excluding steroid dienone is 2. The van der Waals surface area contributed by atoms with Crippen molar-refractivity contribution in [1.82, 2.24) is 0 Å². The minimum Gasteiger partial charge on any atom is -0.507 e. The van der Waals surface area contributed by atoms with E-state index in [0.29, 0.717) is 11.1 Å². The molecular formula is C20H12O5. The second-order valence-electron chi connectivity index (χ2n) is 7.00. The fourth-order valence-electron chi connectivity index (χ4n) is 4.86. The SMILES string of the molecule is O=C1C=C[C@H]2c3c(ccc(O)c31)-c1ccc(O)c3c1[C@H]2[C@H]1O[C@H]1C3=O. The standard InChI is InChI=1S/C20H12O5/c21-10-4-1-7-8-2-5-12(23)17-14(8)15(19-20(25-19)18(17)24)9-3-6-11(22)16(10)13(7)9/h1-6,9,15,19-21,23H/t9-,15-,19+,20-/m0/s1. The van der Waals surface area contributed by atoms with Crippen LogP contribution in [0.5, 0.6) is 11.5 Å². The average molecular weight is 332 g/mol. The Hall–Kier alpha value is -2.92. The summed E-state index contributed by atoms with van der Waals surface area (Å²) < 4.78 is 5.65. The summed E-state index contributed by atoms with van der Waals surface area (Å²) in [6.07, 6.45) is 2.56. The van der Waals surface area contributed by atoms with Crippen LogP contribution in [0.25, 0.3) is 11.1 Å². The number of ether oxygens (including phenoxy) is 1. The second kappa shape index (κ2) is 4.00. The quantitative estimate of drug-likeness (QED) is 0.724. The van der Waals surface area contributed by atoms with Gasteiger partial charge < -0.3 is 14.9 Å². The van der Waals surface area contributed by atoms with Crippen LogP contribution in [0.1, 0.15) is 43.7 Å². The molecular weight excluding hydrogens is 320 g/mol. The number of aromatic hydroxyl groups is 2. The van der Waals surface area contributed by atoms with Crippen LogP contribution in [-0.2, 0) is 4.74 Å². The zero-order valence-electron chi connectivity index (χ0n) is 12.9. The highest BCUT2D eigenvalue weighted by atomic mass is 16.6. The van der Waals surface area contributed by atoms with Gasteiger partial charge in [-0.3, -0.25) is 9.59 Å². The number of phenols is 2. The van der Waals surface area contributed by atoms with E-state index in [1.807, 2.05) is 6.08 Å². The maximum Gasteiger partial charge on any atom is 0.198 e. The van der Waals surface area contributed by atoms with Gasteiger partial charge in [0, 0.05) is 11.8 Å². The van der Waals surface area contributed by atoms with Gasteiger partial charge in [0.1, 0.15) is 23.7 Å². The molecule has 4 aliphatic rings. The van der Waals surface area contributed by atoms with Gasteiger partial charge >= 0.3 is 0 Å². The molecule has 6 rings (SSSR count). The molecule has 2 N–H and O–H groups in total. The van der Waals surface area contributed by atoms with Crippen LogP contribution in [0.2, 0.25) is 0 Å². The van der Waals surface area contributed by atoms with Crippen molar-refractivity contribution < 1.29 is 24.5 Å². The number of benzene rings is 2. The summed E-state index contributed by atoms with van der Waals surface area (Å²) in [6, 6.07) is 6.60. The summed E-state index contributed by atoms with van der Waals surface area (Å²) in [4.78, 5) is 25.0. The van der Waals surface area contributed by atoms with E-state index in [1.165, 1.54) is 18.2 Å². The number of carbonyl (C=O) groups excluding carboxylic acids is 2. The molecule has 1 aliphatic heterocycles. The number of ketones is 2. The molecule has 5 heteroatoms. The average Bonchev–Trinajstić information content (AvgIpc) is 3.38. The number of epoxide rings is 1. The number of hydrogen-bond donors (Lipinski definition) is 2. The van der Waals surface area contributed by atoms with Gasteiger partial charge in [-0.25, -0.2) is 0 Å². The smallest absolute Gasteiger partial charge is 0.198 e. The Labute approximate surface area is 142 Å².